The molecule has 0 N–H and O–H groups in total. The Labute approximate surface area is 112 Å². The average Bonchev–Trinajstić information content (AvgIpc) is 2.36. The number of carbonyl (C=O) groups excluding carboxylic acids is 2. The number of hydrogen-bond donors (Lipinski definition) is 0. The van der Waals surface area contributed by atoms with Gasteiger partial charge in [0.2, 0.25) is 0 Å². The Hall–Kier alpha value is -1.92. The van der Waals surface area contributed by atoms with Crippen LogP contribution in [0.1, 0.15) is 29.3 Å². The summed E-state index contributed by atoms with van der Waals surface area (Å²) in [6.45, 7) is 1.38. The fourth-order valence-electron chi connectivity index (χ4n) is 1.61. The predicted octanol–water partition coefficient (Wildman–Crippen LogP) is 3.23. The number of esters is 1. The quantitative estimate of drug-likeness (QED) is 0.486. The van der Waals surface area contributed by atoms with Crippen LogP contribution in [0.25, 0.3) is 0 Å². The van der Waals surface area contributed by atoms with Gasteiger partial charge in [0.25, 0.3) is 0 Å². The second-order valence-corrected chi connectivity index (χ2v) is 4.24. The van der Waals surface area contributed by atoms with Crippen molar-refractivity contribution in [1.29, 1.82) is 0 Å². The highest BCUT2D eigenvalue weighted by atomic mass is 19.4. The number of alkyl halides is 3. The number of Topliss-reactive ketones (excluding diaryl/α,β-unsaturated/α-hetero) is 1. The lowest BCUT2D eigenvalue weighted by Crippen LogP contribution is -2.18. The van der Waals surface area contributed by atoms with Crippen LogP contribution in [-0.2, 0) is 15.7 Å². The van der Waals surface area contributed by atoms with Crippen LogP contribution >= 0.6 is 0 Å². The molecule has 3 nitrogen and oxygen atoms in total. The lowest BCUT2D eigenvalue weighted by Gasteiger charge is -2.12. The molecule has 110 valence electrons. The molecule has 0 aromatic heterocycles. The molecule has 0 saturated carbocycles. The molecule has 0 heterocycles. The maximum atomic E-state index is 13.1. The largest absolute Gasteiger partial charge is 0.469 e. The zero-order valence-corrected chi connectivity index (χ0v) is 10.8. The van der Waals surface area contributed by atoms with Crippen LogP contribution in [0.2, 0.25) is 0 Å². The topological polar surface area (TPSA) is 43.4 Å². The van der Waals surface area contributed by atoms with E-state index in [1.54, 1.807) is 0 Å². The number of carbonyl (C=O) groups is 2. The fraction of sp³-hybridized carbons (Fsp3) is 0.385. The first-order chi connectivity index (χ1) is 9.16. The zero-order valence-electron chi connectivity index (χ0n) is 10.8. The second kappa shape index (κ2) is 6.02. The summed E-state index contributed by atoms with van der Waals surface area (Å²) in [7, 11) is 1.14. The average molecular weight is 292 g/mol. The summed E-state index contributed by atoms with van der Waals surface area (Å²) in [5.41, 5.74) is -1.80. The summed E-state index contributed by atoms with van der Waals surface area (Å²) >= 11 is 0. The normalized spacial score (nSPS) is 12.9. The third-order valence-corrected chi connectivity index (χ3v) is 2.70. The van der Waals surface area contributed by atoms with Gasteiger partial charge < -0.3 is 4.74 Å². The molecule has 7 heteroatoms. The van der Waals surface area contributed by atoms with E-state index >= 15 is 0 Å². The summed E-state index contributed by atoms with van der Waals surface area (Å²) < 4.78 is 55.1. The summed E-state index contributed by atoms with van der Waals surface area (Å²) in [5, 5.41) is 0. The first-order valence-electron chi connectivity index (χ1n) is 5.64. The van der Waals surface area contributed by atoms with E-state index < -0.39 is 35.2 Å². The summed E-state index contributed by atoms with van der Waals surface area (Å²) in [5.74, 6) is -3.63. The van der Waals surface area contributed by atoms with Gasteiger partial charge in [-0.25, -0.2) is 4.39 Å². The third kappa shape index (κ3) is 3.79. The Morgan fingerprint density at radius 3 is 2.40 bits per heavy atom. The number of methoxy groups -OCH3 is 1. The number of ketones is 1. The number of rotatable bonds is 4. The fourth-order valence-corrected chi connectivity index (χ4v) is 1.61. The summed E-state index contributed by atoms with van der Waals surface area (Å²) in [4.78, 5) is 22.9. The first-order valence-corrected chi connectivity index (χ1v) is 5.64. The van der Waals surface area contributed by atoms with Gasteiger partial charge in [0.05, 0.1) is 19.1 Å². The smallest absolute Gasteiger partial charge is 0.419 e. The first kappa shape index (κ1) is 16.1. The third-order valence-electron chi connectivity index (χ3n) is 2.70. The van der Waals surface area contributed by atoms with Gasteiger partial charge in [-0.05, 0) is 18.2 Å². The SMILES string of the molecule is COC(=O)CC(C)C(=O)c1ccc(F)c(C(F)(F)F)c1. The maximum absolute atomic E-state index is 13.1. The van der Waals surface area contributed by atoms with Crippen LogP contribution in [0.3, 0.4) is 0 Å². The molecule has 0 spiro atoms. The van der Waals surface area contributed by atoms with Crippen LogP contribution in [-0.4, -0.2) is 18.9 Å². The van der Waals surface area contributed by atoms with E-state index in [1.165, 1.54) is 6.92 Å². The van der Waals surface area contributed by atoms with Crippen molar-refractivity contribution in [1.82, 2.24) is 0 Å². The van der Waals surface area contributed by atoms with Gasteiger partial charge in [0.15, 0.2) is 5.78 Å². The van der Waals surface area contributed by atoms with E-state index in [0.29, 0.717) is 12.1 Å². The van der Waals surface area contributed by atoms with Gasteiger partial charge in [-0.15, -0.1) is 0 Å². The van der Waals surface area contributed by atoms with E-state index in [1.807, 2.05) is 0 Å². The molecule has 0 radical (unpaired) electrons. The Kier molecular flexibility index (Phi) is 4.86. The van der Waals surface area contributed by atoms with Crippen LogP contribution in [0.5, 0.6) is 0 Å². The molecule has 0 saturated heterocycles. The number of ether oxygens (including phenoxy) is 1. The predicted molar refractivity (Wildman–Crippen MR) is 61.5 cm³/mol. The van der Waals surface area contributed by atoms with Crippen molar-refractivity contribution in [2.75, 3.05) is 7.11 Å². The van der Waals surface area contributed by atoms with Crippen molar-refractivity contribution in [3.05, 3.63) is 35.1 Å². The maximum Gasteiger partial charge on any atom is 0.419 e. The lowest BCUT2D eigenvalue weighted by atomic mass is 9.95. The number of hydrogen-bond acceptors (Lipinski definition) is 3. The van der Waals surface area contributed by atoms with Crippen LogP contribution in [0.15, 0.2) is 18.2 Å². The molecule has 1 rings (SSSR count). The van der Waals surface area contributed by atoms with Crippen LogP contribution in [0.4, 0.5) is 17.6 Å². The van der Waals surface area contributed by atoms with Gasteiger partial charge in [0.1, 0.15) is 5.82 Å². The molecule has 1 aromatic rings. The van der Waals surface area contributed by atoms with Crippen LogP contribution in [0, 0.1) is 11.7 Å². The van der Waals surface area contributed by atoms with E-state index in [-0.39, 0.29) is 12.0 Å². The van der Waals surface area contributed by atoms with Crippen molar-refractivity contribution in [2.24, 2.45) is 5.92 Å². The highest BCUT2D eigenvalue weighted by Crippen LogP contribution is 2.32. The molecular weight excluding hydrogens is 280 g/mol. The molecule has 0 aliphatic rings. The molecule has 1 atom stereocenters. The van der Waals surface area contributed by atoms with Crippen molar-refractivity contribution >= 4 is 11.8 Å². The molecular formula is C13H12F4O3. The van der Waals surface area contributed by atoms with E-state index in [4.69, 9.17) is 0 Å². The van der Waals surface area contributed by atoms with E-state index in [2.05, 4.69) is 4.74 Å². The van der Waals surface area contributed by atoms with Gasteiger partial charge in [-0.2, -0.15) is 13.2 Å². The number of benzene rings is 1. The highest BCUT2D eigenvalue weighted by molar-refractivity contribution is 5.99. The molecule has 1 unspecified atom stereocenters. The minimum atomic E-state index is -4.88. The van der Waals surface area contributed by atoms with E-state index in [0.717, 1.165) is 13.2 Å². The Bertz CT molecular complexity index is 523. The molecule has 0 fully saturated rings. The van der Waals surface area contributed by atoms with Gasteiger partial charge in [0, 0.05) is 11.5 Å². The van der Waals surface area contributed by atoms with Crippen molar-refractivity contribution in [3.63, 3.8) is 0 Å². The second-order valence-electron chi connectivity index (χ2n) is 4.24. The number of halogens is 4. The Morgan fingerprint density at radius 2 is 1.90 bits per heavy atom. The molecule has 1 aromatic carbocycles. The highest BCUT2D eigenvalue weighted by Gasteiger charge is 2.35. The van der Waals surface area contributed by atoms with Crippen molar-refractivity contribution < 1.29 is 31.9 Å². The monoisotopic (exact) mass is 292 g/mol. The molecule has 0 aliphatic carbocycles. The van der Waals surface area contributed by atoms with E-state index in [9.17, 15) is 27.2 Å². The summed E-state index contributed by atoms with van der Waals surface area (Å²) in [6.07, 6.45) is -5.14. The van der Waals surface area contributed by atoms with Crippen molar-refractivity contribution in [3.8, 4) is 0 Å². The molecule has 0 amide bonds. The Morgan fingerprint density at radius 1 is 1.30 bits per heavy atom. The van der Waals surface area contributed by atoms with Crippen molar-refractivity contribution in [2.45, 2.75) is 19.5 Å². The Balaban J connectivity index is 3.03. The standard InChI is InChI=1S/C13H12F4O3/c1-7(5-11(18)20-2)12(19)8-3-4-10(14)9(6-8)13(15,16)17/h3-4,6-7H,5H2,1-2H3. The molecule has 20 heavy (non-hydrogen) atoms. The lowest BCUT2D eigenvalue weighted by molar-refractivity contribution is -0.141. The summed E-state index contributed by atoms with van der Waals surface area (Å²) in [6, 6.07) is 1.99. The van der Waals surface area contributed by atoms with Gasteiger partial charge >= 0.3 is 12.1 Å². The molecule has 0 aliphatic heterocycles. The zero-order chi connectivity index (χ0) is 15.5. The minimum Gasteiger partial charge on any atom is -0.469 e. The molecule has 0 bridgehead atoms. The van der Waals surface area contributed by atoms with Crippen LogP contribution < -0.4 is 0 Å². The minimum absolute atomic E-state index is 0.256. The van der Waals surface area contributed by atoms with Gasteiger partial charge in [-0.3, -0.25) is 9.59 Å². The van der Waals surface area contributed by atoms with Gasteiger partial charge in [-0.1, -0.05) is 6.92 Å².